The number of esters is 1. The van der Waals surface area contributed by atoms with Gasteiger partial charge in [0.25, 0.3) is 5.91 Å². The topological polar surface area (TPSA) is 96.2 Å². The molecule has 2 aromatic rings. The molecule has 8 heteroatoms. The molecule has 0 unspecified atom stereocenters. The summed E-state index contributed by atoms with van der Waals surface area (Å²) in [6.45, 7) is 0.602. The van der Waals surface area contributed by atoms with Crippen molar-refractivity contribution in [3.8, 4) is 17.2 Å². The Morgan fingerprint density at radius 1 is 1.24 bits per heavy atom. The lowest BCUT2D eigenvalue weighted by Gasteiger charge is -2.21. The van der Waals surface area contributed by atoms with Gasteiger partial charge in [-0.1, -0.05) is 0 Å². The van der Waals surface area contributed by atoms with Crippen LogP contribution in [0.5, 0.6) is 17.2 Å². The van der Waals surface area contributed by atoms with Crippen LogP contribution < -0.4 is 19.5 Å². The summed E-state index contributed by atoms with van der Waals surface area (Å²) >= 11 is 0. The number of fused-ring (bicyclic) bond motifs is 1. The van der Waals surface area contributed by atoms with Crippen molar-refractivity contribution < 1.29 is 33.0 Å². The number of hydrogen-bond acceptors (Lipinski definition) is 7. The highest BCUT2D eigenvalue weighted by Gasteiger charge is 2.22. The fourth-order valence-electron chi connectivity index (χ4n) is 2.26. The normalized spacial score (nSPS) is 12.4. The zero-order valence-corrected chi connectivity index (χ0v) is 13.6. The number of benzene rings is 1. The zero-order chi connectivity index (χ0) is 17.6. The lowest BCUT2D eigenvalue weighted by Crippen LogP contribution is -2.28. The number of rotatable bonds is 6. The molecule has 1 amide bonds. The van der Waals surface area contributed by atoms with E-state index in [1.165, 1.54) is 25.5 Å². The fraction of sp³-hybridized carbons (Fsp3) is 0.294. The molecule has 8 nitrogen and oxygen atoms in total. The molecule has 0 saturated heterocycles. The van der Waals surface area contributed by atoms with Gasteiger partial charge in [0.2, 0.25) is 5.75 Å². The van der Waals surface area contributed by atoms with E-state index in [1.54, 1.807) is 12.1 Å². The predicted molar refractivity (Wildman–Crippen MR) is 84.8 cm³/mol. The van der Waals surface area contributed by atoms with E-state index in [1.807, 2.05) is 0 Å². The molecule has 1 N–H and O–H groups in total. The van der Waals surface area contributed by atoms with E-state index in [0.29, 0.717) is 36.2 Å². The van der Waals surface area contributed by atoms with Crippen molar-refractivity contribution in [2.24, 2.45) is 0 Å². The van der Waals surface area contributed by atoms with Crippen molar-refractivity contribution in [1.82, 2.24) is 5.32 Å². The van der Waals surface area contributed by atoms with E-state index in [4.69, 9.17) is 23.4 Å². The highest BCUT2D eigenvalue weighted by atomic mass is 16.6. The molecule has 1 aromatic heterocycles. The van der Waals surface area contributed by atoms with Crippen molar-refractivity contribution >= 4 is 11.9 Å². The number of nitrogens with one attached hydrogen (secondary N) is 1. The first-order valence-electron chi connectivity index (χ1n) is 7.61. The van der Waals surface area contributed by atoms with Crippen molar-refractivity contribution in [3.63, 3.8) is 0 Å². The van der Waals surface area contributed by atoms with E-state index in [-0.39, 0.29) is 12.1 Å². The molecule has 0 spiro atoms. The van der Waals surface area contributed by atoms with Crippen LogP contribution >= 0.6 is 0 Å². The number of hydrogen-bond donors (Lipinski definition) is 1. The first-order valence-corrected chi connectivity index (χ1v) is 7.61. The maximum atomic E-state index is 12.2. The van der Waals surface area contributed by atoms with Crippen LogP contribution in [-0.2, 0) is 16.1 Å². The number of methoxy groups -OCH3 is 1. The van der Waals surface area contributed by atoms with Crippen LogP contribution in [0, 0.1) is 0 Å². The highest BCUT2D eigenvalue weighted by Crippen LogP contribution is 2.40. The van der Waals surface area contributed by atoms with E-state index in [2.05, 4.69) is 5.32 Å². The van der Waals surface area contributed by atoms with Crippen LogP contribution in [0.15, 0.2) is 34.9 Å². The summed E-state index contributed by atoms with van der Waals surface area (Å²) in [5, 5.41) is 2.59. The van der Waals surface area contributed by atoms with E-state index < -0.39 is 18.5 Å². The first kappa shape index (κ1) is 16.7. The molecule has 132 valence electrons. The molecule has 0 aliphatic carbocycles. The first-order chi connectivity index (χ1) is 12.2. The van der Waals surface area contributed by atoms with E-state index in [0.717, 1.165) is 0 Å². The van der Waals surface area contributed by atoms with Crippen LogP contribution in [0.3, 0.4) is 0 Å². The molecule has 0 radical (unpaired) electrons. The summed E-state index contributed by atoms with van der Waals surface area (Å²) in [6, 6.07) is 6.43. The number of carbonyl (C=O) groups excluding carboxylic acids is 2. The minimum Gasteiger partial charge on any atom is -0.493 e. The molecule has 25 heavy (non-hydrogen) atoms. The number of carbonyl (C=O) groups is 2. The Balaban J connectivity index is 1.58. The van der Waals surface area contributed by atoms with Gasteiger partial charge in [-0.3, -0.25) is 4.79 Å². The molecule has 3 rings (SSSR count). The molecule has 1 aliphatic heterocycles. The summed E-state index contributed by atoms with van der Waals surface area (Å²) < 4.78 is 26.2. The maximum absolute atomic E-state index is 12.2. The number of furan rings is 1. The molecule has 0 saturated carbocycles. The Labute approximate surface area is 143 Å². The van der Waals surface area contributed by atoms with E-state index >= 15 is 0 Å². The largest absolute Gasteiger partial charge is 0.493 e. The second-order valence-electron chi connectivity index (χ2n) is 5.13. The minimum atomic E-state index is -0.663. The number of amides is 1. The fourth-order valence-corrected chi connectivity index (χ4v) is 2.26. The monoisotopic (exact) mass is 347 g/mol. The van der Waals surface area contributed by atoms with Gasteiger partial charge in [-0.2, -0.15) is 0 Å². The molecule has 2 heterocycles. The van der Waals surface area contributed by atoms with Crippen molar-refractivity contribution in [1.29, 1.82) is 0 Å². The second-order valence-corrected chi connectivity index (χ2v) is 5.13. The summed E-state index contributed by atoms with van der Waals surface area (Å²) in [5.74, 6) is 0.724. The van der Waals surface area contributed by atoms with Gasteiger partial charge in [0.1, 0.15) is 19.0 Å². The Morgan fingerprint density at radius 3 is 2.84 bits per heavy atom. The van der Waals surface area contributed by atoms with Gasteiger partial charge in [-0.25, -0.2) is 4.79 Å². The van der Waals surface area contributed by atoms with Crippen LogP contribution in [0.1, 0.15) is 16.1 Å². The van der Waals surface area contributed by atoms with E-state index in [9.17, 15) is 9.59 Å². The van der Waals surface area contributed by atoms with Gasteiger partial charge in [-0.05, 0) is 24.3 Å². The molecule has 1 aromatic carbocycles. The van der Waals surface area contributed by atoms with Crippen LogP contribution in [-0.4, -0.2) is 38.8 Å². The van der Waals surface area contributed by atoms with Gasteiger partial charge < -0.3 is 28.7 Å². The lowest BCUT2D eigenvalue weighted by molar-refractivity contribution is -0.124. The summed E-state index contributed by atoms with van der Waals surface area (Å²) in [7, 11) is 1.46. The molecule has 0 atom stereocenters. The van der Waals surface area contributed by atoms with Crippen LogP contribution in [0.2, 0.25) is 0 Å². The Hall–Kier alpha value is -3.16. The van der Waals surface area contributed by atoms with Crippen LogP contribution in [0.4, 0.5) is 0 Å². The van der Waals surface area contributed by atoms with Crippen molar-refractivity contribution in [2.75, 3.05) is 26.9 Å². The van der Waals surface area contributed by atoms with Gasteiger partial charge >= 0.3 is 5.97 Å². The average Bonchev–Trinajstić information content (AvgIpc) is 3.17. The third-order valence-electron chi connectivity index (χ3n) is 3.44. The van der Waals surface area contributed by atoms with Gasteiger partial charge in [0.05, 0.1) is 25.5 Å². The summed E-state index contributed by atoms with van der Waals surface area (Å²) in [6.07, 6.45) is 1.51. The van der Waals surface area contributed by atoms with Crippen molar-refractivity contribution in [3.05, 3.63) is 41.9 Å². The Kier molecular flexibility index (Phi) is 5.08. The molecular formula is C17H17NO7. The third kappa shape index (κ3) is 4.03. The van der Waals surface area contributed by atoms with Gasteiger partial charge in [0.15, 0.2) is 18.1 Å². The minimum absolute atomic E-state index is 0.208. The predicted octanol–water partition coefficient (Wildman–Crippen LogP) is 1.53. The number of ether oxygens (including phenoxy) is 4. The lowest BCUT2D eigenvalue weighted by atomic mass is 10.1. The van der Waals surface area contributed by atoms with Crippen molar-refractivity contribution in [2.45, 2.75) is 6.54 Å². The average molecular weight is 347 g/mol. The smallest absolute Gasteiger partial charge is 0.338 e. The summed E-state index contributed by atoms with van der Waals surface area (Å²) in [4.78, 5) is 23.9. The quantitative estimate of drug-likeness (QED) is 0.792. The maximum Gasteiger partial charge on any atom is 0.338 e. The highest BCUT2D eigenvalue weighted by molar-refractivity contribution is 5.92. The molecule has 0 bridgehead atoms. The van der Waals surface area contributed by atoms with Crippen LogP contribution in [0.25, 0.3) is 0 Å². The Bertz CT molecular complexity index is 737. The van der Waals surface area contributed by atoms with Gasteiger partial charge in [-0.15, -0.1) is 0 Å². The Morgan fingerprint density at radius 2 is 2.08 bits per heavy atom. The molecular weight excluding hydrogens is 330 g/mol. The SMILES string of the molecule is COc1cc(C(=O)OCC(=O)NCc2ccco2)cc2c1OCCO2. The zero-order valence-electron chi connectivity index (χ0n) is 13.6. The summed E-state index contributed by atoms with van der Waals surface area (Å²) in [5.41, 5.74) is 0.208. The standard InChI is InChI=1S/C17H17NO7/c1-21-13-7-11(8-14-16(13)24-6-5-23-14)17(20)25-10-15(19)18-9-12-3-2-4-22-12/h2-4,7-8H,5-6,9-10H2,1H3,(H,18,19). The molecule has 1 aliphatic rings. The molecule has 0 fully saturated rings. The third-order valence-corrected chi connectivity index (χ3v) is 3.44. The van der Waals surface area contributed by atoms with Gasteiger partial charge in [0, 0.05) is 0 Å². The second kappa shape index (κ2) is 7.61.